The summed E-state index contributed by atoms with van der Waals surface area (Å²) >= 11 is 0.977. The van der Waals surface area contributed by atoms with Crippen LogP contribution >= 0.6 is 22.0 Å². The Morgan fingerprint density at radius 3 is 2.42 bits per heavy atom. The molecule has 7 heteroatoms. The standard InChI is InChI=1S/C5H3ClO4S2/c6-12(9,10)4-2-11-1-3(4)5(7)8/h1-2H,(H,7,8). The third-order valence-electron chi connectivity index (χ3n) is 1.12. The SMILES string of the molecule is O=C(O)c1cscc1S(=O)(=O)Cl. The summed E-state index contributed by atoms with van der Waals surface area (Å²) in [5, 5.41) is 10.9. The molecule has 4 nitrogen and oxygen atoms in total. The zero-order chi connectivity index (χ0) is 9.35. The molecule has 1 aromatic heterocycles. The molecule has 0 atom stereocenters. The average molecular weight is 227 g/mol. The molecule has 0 aliphatic carbocycles. The molecule has 12 heavy (non-hydrogen) atoms. The maximum atomic E-state index is 10.7. The highest BCUT2D eigenvalue weighted by molar-refractivity contribution is 8.13. The van der Waals surface area contributed by atoms with Crippen LogP contribution in [0.25, 0.3) is 0 Å². The van der Waals surface area contributed by atoms with E-state index in [0.29, 0.717) is 0 Å². The summed E-state index contributed by atoms with van der Waals surface area (Å²) in [7, 11) is 1.03. The van der Waals surface area contributed by atoms with Gasteiger partial charge < -0.3 is 5.11 Å². The molecule has 1 heterocycles. The lowest BCUT2D eigenvalue weighted by Crippen LogP contribution is -2.00. The number of rotatable bonds is 2. The zero-order valence-electron chi connectivity index (χ0n) is 5.52. The first-order chi connectivity index (χ1) is 5.43. The normalized spacial score (nSPS) is 11.4. The topological polar surface area (TPSA) is 71.4 Å². The molecular formula is C5H3ClO4S2. The van der Waals surface area contributed by atoms with Crippen molar-refractivity contribution in [1.29, 1.82) is 0 Å². The van der Waals surface area contributed by atoms with Gasteiger partial charge in [0.15, 0.2) is 0 Å². The van der Waals surface area contributed by atoms with Crippen LogP contribution in [0.3, 0.4) is 0 Å². The molecule has 0 radical (unpaired) electrons. The number of carboxylic acids is 1. The van der Waals surface area contributed by atoms with E-state index >= 15 is 0 Å². The van der Waals surface area contributed by atoms with E-state index in [9.17, 15) is 13.2 Å². The second-order valence-corrected chi connectivity index (χ2v) is 5.17. The molecule has 0 unspecified atom stereocenters. The molecule has 0 bridgehead atoms. The van der Waals surface area contributed by atoms with Crippen molar-refractivity contribution < 1.29 is 18.3 Å². The Balaban J connectivity index is 3.36. The van der Waals surface area contributed by atoms with Gasteiger partial charge in [-0.2, -0.15) is 11.3 Å². The van der Waals surface area contributed by atoms with Gasteiger partial charge in [0, 0.05) is 21.4 Å². The smallest absolute Gasteiger partial charge is 0.337 e. The van der Waals surface area contributed by atoms with Gasteiger partial charge in [-0.1, -0.05) is 0 Å². The van der Waals surface area contributed by atoms with E-state index in [0.717, 1.165) is 11.3 Å². The largest absolute Gasteiger partial charge is 0.478 e. The van der Waals surface area contributed by atoms with Crippen molar-refractivity contribution in [3.05, 3.63) is 16.3 Å². The fourth-order valence-electron chi connectivity index (χ4n) is 0.630. The van der Waals surface area contributed by atoms with Gasteiger partial charge in [0.1, 0.15) is 4.90 Å². The van der Waals surface area contributed by atoms with Gasteiger partial charge in [-0.05, 0) is 0 Å². The molecule has 0 amide bonds. The van der Waals surface area contributed by atoms with Crippen molar-refractivity contribution in [2.45, 2.75) is 4.90 Å². The highest BCUT2D eigenvalue weighted by Crippen LogP contribution is 2.23. The summed E-state index contributed by atoms with van der Waals surface area (Å²) in [5.41, 5.74) is -0.282. The van der Waals surface area contributed by atoms with Crippen LogP contribution in [-0.4, -0.2) is 19.5 Å². The highest BCUT2D eigenvalue weighted by atomic mass is 35.7. The van der Waals surface area contributed by atoms with Crippen molar-refractivity contribution in [3.63, 3.8) is 0 Å². The monoisotopic (exact) mass is 226 g/mol. The first kappa shape index (κ1) is 9.50. The first-order valence-corrected chi connectivity index (χ1v) is 5.92. The summed E-state index contributed by atoms with van der Waals surface area (Å²) in [6, 6.07) is 0. The fraction of sp³-hybridized carbons (Fsp3) is 0. The Bertz CT molecular complexity index is 405. The van der Waals surface area contributed by atoms with E-state index in [-0.39, 0.29) is 10.5 Å². The Morgan fingerprint density at radius 1 is 1.50 bits per heavy atom. The lowest BCUT2D eigenvalue weighted by Gasteiger charge is -1.92. The molecule has 66 valence electrons. The number of carbonyl (C=O) groups is 1. The van der Waals surface area contributed by atoms with Crippen LogP contribution in [0.2, 0.25) is 0 Å². The Morgan fingerprint density at radius 2 is 2.08 bits per heavy atom. The number of hydrogen-bond donors (Lipinski definition) is 1. The molecule has 0 aliphatic heterocycles. The molecule has 0 fully saturated rings. The molecule has 0 saturated carbocycles. The van der Waals surface area contributed by atoms with Gasteiger partial charge in [-0.3, -0.25) is 0 Å². The van der Waals surface area contributed by atoms with Gasteiger partial charge in [0.2, 0.25) is 0 Å². The molecule has 0 spiro atoms. The van der Waals surface area contributed by atoms with E-state index in [1.807, 2.05) is 0 Å². The minimum Gasteiger partial charge on any atom is -0.478 e. The van der Waals surface area contributed by atoms with Gasteiger partial charge in [-0.15, -0.1) is 0 Å². The summed E-state index contributed by atoms with van der Waals surface area (Å²) in [5.74, 6) is -1.30. The lowest BCUT2D eigenvalue weighted by molar-refractivity contribution is 0.0693. The van der Waals surface area contributed by atoms with Gasteiger partial charge in [0.05, 0.1) is 5.56 Å². The van der Waals surface area contributed by atoms with Crippen LogP contribution in [0.4, 0.5) is 0 Å². The van der Waals surface area contributed by atoms with Crippen molar-refractivity contribution >= 4 is 37.0 Å². The fourth-order valence-corrected chi connectivity index (χ4v) is 3.00. The number of thiophene rings is 1. The molecule has 1 N–H and O–H groups in total. The van der Waals surface area contributed by atoms with Gasteiger partial charge in [-0.25, -0.2) is 13.2 Å². The Kier molecular flexibility index (Phi) is 2.41. The Labute approximate surface area is 76.8 Å². The van der Waals surface area contributed by atoms with Crippen LogP contribution in [0.1, 0.15) is 10.4 Å². The number of carboxylic acid groups (broad SMARTS) is 1. The van der Waals surface area contributed by atoms with E-state index in [4.69, 9.17) is 15.8 Å². The first-order valence-electron chi connectivity index (χ1n) is 2.67. The molecule has 0 aromatic carbocycles. The van der Waals surface area contributed by atoms with Crippen LogP contribution in [0.15, 0.2) is 15.7 Å². The van der Waals surface area contributed by atoms with E-state index in [1.54, 1.807) is 0 Å². The van der Waals surface area contributed by atoms with Crippen LogP contribution in [-0.2, 0) is 9.05 Å². The lowest BCUT2D eigenvalue weighted by atomic mass is 10.3. The van der Waals surface area contributed by atoms with Crippen molar-refractivity contribution in [2.75, 3.05) is 0 Å². The second kappa shape index (κ2) is 3.04. The van der Waals surface area contributed by atoms with Crippen molar-refractivity contribution in [3.8, 4) is 0 Å². The van der Waals surface area contributed by atoms with Crippen LogP contribution < -0.4 is 0 Å². The van der Waals surface area contributed by atoms with Crippen molar-refractivity contribution in [1.82, 2.24) is 0 Å². The number of halogens is 1. The van der Waals surface area contributed by atoms with Crippen molar-refractivity contribution in [2.24, 2.45) is 0 Å². The minimum atomic E-state index is -3.93. The zero-order valence-corrected chi connectivity index (χ0v) is 7.91. The predicted octanol–water partition coefficient (Wildman–Crippen LogP) is 1.37. The molecule has 1 rings (SSSR count). The third-order valence-corrected chi connectivity index (χ3v) is 3.37. The quantitative estimate of drug-likeness (QED) is 0.774. The minimum absolute atomic E-state index is 0.282. The van der Waals surface area contributed by atoms with Gasteiger partial charge in [0.25, 0.3) is 9.05 Å². The van der Waals surface area contributed by atoms with Crippen LogP contribution in [0.5, 0.6) is 0 Å². The summed E-state index contributed by atoms with van der Waals surface area (Å²) in [6.07, 6.45) is 0. The highest BCUT2D eigenvalue weighted by Gasteiger charge is 2.20. The second-order valence-electron chi connectivity index (χ2n) is 1.89. The molecule has 0 saturated heterocycles. The summed E-state index contributed by atoms with van der Waals surface area (Å²) in [6.45, 7) is 0. The summed E-state index contributed by atoms with van der Waals surface area (Å²) in [4.78, 5) is 10.1. The summed E-state index contributed by atoms with van der Waals surface area (Å²) < 4.78 is 21.5. The van der Waals surface area contributed by atoms with E-state index < -0.39 is 15.0 Å². The van der Waals surface area contributed by atoms with E-state index in [1.165, 1.54) is 10.8 Å². The Hall–Kier alpha value is -0.590. The van der Waals surface area contributed by atoms with E-state index in [2.05, 4.69) is 0 Å². The maximum absolute atomic E-state index is 10.7. The third kappa shape index (κ3) is 1.77. The maximum Gasteiger partial charge on any atom is 0.337 e. The average Bonchev–Trinajstić information content (AvgIpc) is 2.30. The van der Waals surface area contributed by atoms with Crippen LogP contribution in [0, 0.1) is 0 Å². The molecular weight excluding hydrogens is 224 g/mol. The molecule has 0 aliphatic rings. The molecule has 1 aromatic rings. The number of hydrogen-bond acceptors (Lipinski definition) is 4. The number of aromatic carboxylic acids is 1. The van der Waals surface area contributed by atoms with Gasteiger partial charge >= 0.3 is 5.97 Å². The predicted molar refractivity (Wildman–Crippen MR) is 44.3 cm³/mol.